The van der Waals surface area contributed by atoms with Gasteiger partial charge in [-0.25, -0.2) is 13.5 Å². The van der Waals surface area contributed by atoms with E-state index in [1.165, 1.54) is 18.4 Å². The molecule has 2 aliphatic heterocycles. The Balaban J connectivity index is 0.00000139. The van der Waals surface area contributed by atoms with Crippen molar-refractivity contribution < 1.29 is 32.7 Å². The maximum atomic E-state index is 14.2. The Bertz CT molecular complexity index is 2620. The normalized spacial score (nSPS) is 15.8. The van der Waals surface area contributed by atoms with Gasteiger partial charge in [-0.15, -0.1) is 0 Å². The highest BCUT2D eigenvalue weighted by atomic mass is 35.5. The Hall–Kier alpha value is -5.95. The number of hydrogen-bond acceptors (Lipinski definition) is 11. The van der Waals surface area contributed by atoms with Crippen LogP contribution in [0.15, 0.2) is 107 Å². The van der Waals surface area contributed by atoms with Crippen LogP contribution in [0.25, 0.3) is 11.1 Å². The Labute approximate surface area is 375 Å². The number of aryl methyl sites for hydroxylation is 1. The van der Waals surface area contributed by atoms with Crippen molar-refractivity contribution in [3.8, 4) is 34.4 Å². The van der Waals surface area contributed by atoms with E-state index in [0.29, 0.717) is 87.0 Å². The van der Waals surface area contributed by atoms with E-state index >= 15 is 0 Å². The third-order valence-electron chi connectivity index (χ3n) is 10.2. The number of nitrogens with one attached hydrogen (secondary N) is 1. The molecular formula is C46H41Cl2N5O7S2. The Kier molecular flexibility index (Phi) is 14.4. The molecule has 3 N–H and O–H groups in total. The smallest absolute Gasteiger partial charge is 0.292 e. The van der Waals surface area contributed by atoms with Gasteiger partial charge in [0.1, 0.15) is 40.2 Å². The molecule has 0 saturated carbocycles. The maximum Gasteiger partial charge on any atom is 0.292 e. The number of ether oxygens (including phenoxy) is 4. The van der Waals surface area contributed by atoms with Crippen molar-refractivity contribution in [3.05, 3.63) is 152 Å². The zero-order chi connectivity index (χ0) is 43.8. The SMILES string of the molecule is COC=O.Cc1nc(N)sc1S(=O)N1Cc2cc3c(cc2CC1C(=O)NCCc1ccc(-c2ccc(C#N)cc2)cc1)OCC(c1ccc(OCc2ccc(Cl)c(Cl)c2)cc1)O3. The average Bonchev–Trinajstić information content (AvgIpc) is 3.65. The Morgan fingerprint density at radius 3 is 2.31 bits per heavy atom. The summed E-state index contributed by atoms with van der Waals surface area (Å²) >= 11 is 13.4. The molecule has 0 spiro atoms. The number of methoxy groups -OCH3 is 1. The number of benzene rings is 5. The summed E-state index contributed by atoms with van der Waals surface area (Å²) in [6.45, 7) is 3.43. The van der Waals surface area contributed by atoms with Crippen LogP contribution < -0.4 is 25.3 Å². The number of nitrogen functional groups attached to an aromatic ring is 1. The van der Waals surface area contributed by atoms with Gasteiger partial charge in [0.05, 0.1) is 34.5 Å². The van der Waals surface area contributed by atoms with E-state index < -0.39 is 17.0 Å². The molecule has 318 valence electrons. The van der Waals surface area contributed by atoms with E-state index in [1.807, 2.05) is 78.9 Å². The number of anilines is 1. The van der Waals surface area contributed by atoms with Crippen LogP contribution >= 0.6 is 34.5 Å². The number of fused-ring (bicyclic) bond motifs is 2. The summed E-state index contributed by atoms with van der Waals surface area (Å²) in [6, 6.07) is 34.0. The molecule has 8 rings (SSSR count). The summed E-state index contributed by atoms with van der Waals surface area (Å²) in [6.07, 6.45) is 0.575. The maximum absolute atomic E-state index is 14.2. The predicted molar refractivity (Wildman–Crippen MR) is 240 cm³/mol. The van der Waals surface area contributed by atoms with Crippen molar-refractivity contribution in [2.24, 2.45) is 0 Å². The first kappa shape index (κ1) is 44.1. The van der Waals surface area contributed by atoms with Crippen molar-refractivity contribution in [2.45, 2.75) is 49.3 Å². The summed E-state index contributed by atoms with van der Waals surface area (Å²) in [5.74, 6) is 1.65. The van der Waals surface area contributed by atoms with Gasteiger partial charge in [0.15, 0.2) is 22.7 Å². The van der Waals surface area contributed by atoms with Crippen molar-refractivity contribution in [3.63, 3.8) is 0 Å². The molecule has 0 fully saturated rings. The second kappa shape index (κ2) is 20.3. The van der Waals surface area contributed by atoms with Gasteiger partial charge in [-0.3, -0.25) is 9.59 Å². The lowest BCUT2D eigenvalue weighted by molar-refractivity contribution is -0.126. The molecule has 16 heteroatoms. The molecule has 3 heterocycles. The molecule has 62 heavy (non-hydrogen) atoms. The molecule has 6 aromatic rings. The molecule has 0 aliphatic carbocycles. The number of nitrogens with zero attached hydrogens (tertiary/aromatic N) is 3. The van der Waals surface area contributed by atoms with Crippen molar-refractivity contribution in [1.82, 2.24) is 14.6 Å². The molecule has 0 radical (unpaired) electrons. The van der Waals surface area contributed by atoms with Crippen LogP contribution in [0.2, 0.25) is 10.0 Å². The third-order valence-corrected chi connectivity index (χ3v) is 13.8. The van der Waals surface area contributed by atoms with Crippen LogP contribution in [0.5, 0.6) is 17.2 Å². The van der Waals surface area contributed by atoms with E-state index in [-0.39, 0.29) is 18.6 Å². The average molecular weight is 911 g/mol. The molecule has 3 atom stereocenters. The summed E-state index contributed by atoms with van der Waals surface area (Å²) in [5.41, 5.74) is 14.0. The summed E-state index contributed by atoms with van der Waals surface area (Å²) < 4.78 is 39.0. The van der Waals surface area contributed by atoms with Gasteiger partial charge in [-0.1, -0.05) is 89.1 Å². The number of nitriles is 1. The Morgan fingerprint density at radius 1 is 0.984 bits per heavy atom. The molecule has 3 unspecified atom stereocenters. The number of rotatable bonds is 12. The fraction of sp³-hybridized carbons (Fsp3) is 0.217. The quantitative estimate of drug-likeness (QED) is 0.114. The highest BCUT2D eigenvalue weighted by Gasteiger charge is 2.38. The lowest BCUT2D eigenvalue weighted by Crippen LogP contribution is -2.51. The highest BCUT2D eigenvalue weighted by molar-refractivity contribution is 7.85. The van der Waals surface area contributed by atoms with Crippen molar-refractivity contribution >= 4 is 63.0 Å². The number of hydrogen-bond donors (Lipinski definition) is 2. The minimum atomic E-state index is -1.71. The van der Waals surface area contributed by atoms with E-state index in [2.05, 4.69) is 21.1 Å². The third kappa shape index (κ3) is 10.6. The van der Waals surface area contributed by atoms with Gasteiger partial charge in [-0.2, -0.15) is 5.26 Å². The molecule has 0 saturated heterocycles. The second-order valence-electron chi connectivity index (χ2n) is 14.3. The standard InChI is InChI=1S/C44H37Cl2N5O5S2.C2H4O2/c1-26-43(57-44(48)50-26)58(53)51-23-34-21-40-39(55-25-41(56-40)32-11-13-35(14-12-32)54-24-29-6-15-36(45)37(46)18-29)20-33(34)19-38(51)42(52)49-17-16-27-2-7-30(8-3-27)31-9-4-28(22-47)5-10-31;1-4-2-3/h2-15,18,20-21,38,41H,16-17,19,23-25H2,1H3,(H2,48,50)(H,49,52);2H,1H3. The first-order valence-corrected chi connectivity index (χ1v) is 22.1. The van der Waals surface area contributed by atoms with Crippen LogP contribution in [0.4, 0.5) is 5.13 Å². The minimum Gasteiger partial charge on any atom is -0.489 e. The largest absolute Gasteiger partial charge is 0.489 e. The van der Waals surface area contributed by atoms with Gasteiger partial charge in [0.2, 0.25) is 5.91 Å². The second-order valence-corrected chi connectivity index (χ2v) is 17.8. The summed E-state index contributed by atoms with van der Waals surface area (Å²) in [5, 5.41) is 13.5. The summed E-state index contributed by atoms with van der Waals surface area (Å²) in [4.78, 5) is 27.2. The number of halogens is 2. The monoisotopic (exact) mass is 909 g/mol. The number of thiazole rings is 1. The van der Waals surface area contributed by atoms with Gasteiger partial charge >= 0.3 is 0 Å². The lowest BCUT2D eigenvalue weighted by atomic mass is 9.94. The topological polar surface area (TPSA) is 166 Å². The van der Waals surface area contributed by atoms with Crippen LogP contribution in [0.1, 0.15) is 45.2 Å². The zero-order valence-corrected chi connectivity index (χ0v) is 36.8. The van der Waals surface area contributed by atoms with Gasteiger partial charge in [0.25, 0.3) is 6.47 Å². The van der Waals surface area contributed by atoms with E-state index in [9.17, 15) is 9.00 Å². The molecule has 5 aromatic carbocycles. The molecule has 0 bridgehead atoms. The number of carbonyl (C=O) groups is 2. The van der Waals surface area contributed by atoms with E-state index in [0.717, 1.165) is 38.9 Å². The molecular weight excluding hydrogens is 870 g/mol. The van der Waals surface area contributed by atoms with Crippen molar-refractivity contribution in [2.75, 3.05) is 26.0 Å². The fourth-order valence-electron chi connectivity index (χ4n) is 6.98. The van der Waals surface area contributed by atoms with Gasteiger partial charge < -0.3 is 30.0 Å². The minimum absolute atomic E-state index is 0.220. The Morgan fingerprint density at radius 2 is 1.66 bits per heavy atom. The van der Waals surface area contributed by atoms with Crippen LogP contribution in [0.3, 0.4) is 0 Å². The first-order chi connectivity index (χ1) is 30.0. The molecule has 1 aromatic heterocycles. The number of carbonyl (C=O) groups excluding carboxylic acids is 2. The summed E-state index contributed by atoms with van der Waals surface area (Å²) in [7, 11) is -0.394. The van der Waals surface area contributed by atoms with Crippen LogP contribution in [-0.2, 0) is 51.3 Å². The van der Waals surface area contributed by atoms with Crippen LogP contribution in [-0.4, -0.2) is 52.2 Å². The van der Waals surface area contributed by atoms with Gasteiger partial charge in [-0.05, 0) is 107 Å². The number of aromatic nitrogens is 1. The van der Waals surface area contributed by atoms with E-state index in [1.54, 1.807) is 35.5 Å². The molecule has 1 amide bonds. The number of amides is 1. The molecule has 12 nitrogen and oxygen atoms in total. The first-order valence-electron chi connectivity index (χ1n) is 19.4. The highest BCUT2D eigenvalue weighted by Crippen LogP contribution is 2.42. The molecule has 2 aliphatic rings. The van der Waals surface area contributed by atoms with Gasteiger partial charge in [0, 0.05) is 13.1 Å². The van der Waals surface area contributed by atoms with Crippen LogP contribution in [0, 0.1) is 18.3 Å². The predicted octanol–water partition coefficient (Wildman–Crippen LogP) is 8.57. The fourth-order valence-corrected chi connectivity index (χ4v) is 9.87. The lowest BCUT2D eigenvalue weighted by Gasteiger charge is -2.36. The van der Waals surface area contributed by atoms with Crippen molar-refractivity contribution in [1.29, 1.82) is 5.26 Å². The number of nitrogens with two attached hydrogens (primary N) is 1. The van der Waals surface area contributed by atoms with E-state index in [4.69, 9.17) is 53.2 Å². The zero-order valence-electron chi connectivity index (χ0n) is 33.6.